The normalized spacial score (nSPS) is 20.4. The Balaban J connectivity index is 1.77. The molecule has 0 aromatic heterocycles. The Morgan fingerprint density at radius 3 is 2.73 bits per heavy atom. The predicted octanol–water partition coefficient (Wildman–Crippen LogP) is 2.44. The molecule has 1 amide bonds. The third-order valence-electron chi connectivity index (χ3n) is 3.96. The minimum absolute atomic E-state index is 0.0303. The summed E-state index contributed by atoms with van der Waals surface area (Å²) in [5, 5.41) is 7.05. The van der Waals surface area contributed by atoms with E-state index in [1.54, 1.807) is 0 Å². The highest BCUT2D eigenvalue weighted by Crippen LogP contribution is 2.22. The first-order valence-electron chi connectivity index (χ1n) is 7.77. The maximum Gasteiger partial charge on any atom is 0.222 e. The second-order valence-electron chi connectivity index (χ2n) is 6.57. The maximum absolute atomic E-state index is 12.0. The number of carbonyl (C=O) groups excluding carboxylic acids is 1. The molecule has 2 rings (SSSR count). The zero-order valence-electron chi connectivity index (χ0n) is 13.6. The Hall–Kier alpha value is -1.62. The Morgan fingerprint density at radius 2 is 2.09 bits per heavy atom. The maximum atomic E-state index is 12.0. The van der Waals surface area contributed by atoms with Crippen molar-refractivity contribution in [1.82, 2.24) is 15.5 Å². The summed E-state index contributed by atoms with van der Waals surface area (Å²) in [7, 11) is 0. The van der Waals surface area contributed by atoms with Crippen LogP contribution in [0, 0.1) is 0 Å². The lowest BCUT2D eigenvalue weighted by molar-refractivity contribution is -0.121. The number of hydrogen-bond acceptors (Lipinski definition) is 2. The van der Waals surface area contributed by atoms with Crippen molar-refractivity contribution in [3.8, 4) is 0 Å². The van der Waals surface area contributed by atoms with Gasteiger partial charge in [-0.2, -0.15) is 0 Å². The fourth-order valence-electron chi connectivity index (χ4n) is 2.89. The van der Waals surface area contributed by atoms with E-state index in [0.29, 0.717) is 25.6 Å². The van der Waals surface area contributed by atoms with Gasteiger partial charge >= 0.3 is 0 Å². The Morgan fingerprint density at radius 1 is 1.41 bits per heavy atom. The van der Waals surface area contributed by atoms with Crippen LogP contribution in [0.4, 0.5) is 0 Å². The molecule has 0 aliphatic carbocycles. The van der Waals surface area contributed by atoms with E-state index in [1.165, 1.54) is 0 Å². The molecule has 120 valence electrons. The number of rotatable bonds is 5. The van der Waals surface area contributed by atoms with E-state index in [9.17, 15) is 4.79 Å². The standard InChI is InChI=1S/C17H25N3OS/c1-13-11-17(2,3)19-16(22)20(13)10-9-15(21)18-12-14-7-5-4-6-8-14/h4-8,13H,9-12H2,1-3H3,(H,18,21)(H,19,22)/t13-/m1/s1. The van der Waals surface area contributed by atoms with Gasteiger partial charge in [0.1, 0.15) is 0 Å². The molecular weight excluding hydrogens is 294 g/mol. The van der Waals surface area contributed by atoms with E-state index in [0.717, 1.165) is 17.1 Å². The fourth-order valence-corrected chi connectivity index (χ4v) is 3.44. The number of nitrogens with zero attached hydrogens (tertiary/aromatic N) is 1. The van der Waals surface area contributed by atoms with Gasteiger partial charge in [0.2, 0.25) is 5.91 Å². The average molecular weight is 319 g/mol. The molecule has 1 aromatic carbocycles. The topological polar surface area (TPSA) is 44.4 Å². The van der Waals surface area contributed by atoms with E-state index in [4.69, 9.17) is 12.2 Å². The van der Waals surface area contributed by atoms with Crippen LogP contribution in [-0.2, 0) is 11.3 Å². The molecule has 4 nitrogen and oxygen atoms in total. The van der Waals surface area contributed by atoms with Crippen LogP contribution in [0.15, 0.2) is 30.3 Å². The van der Waals surface area contributed by atoms with E-state index in [1.807, 2.05) is 30.3 Å². The lowest BCUT2D eigenvalue weighted by atomic mass is 9.93. The molecule has 5 heteroatoms. The number of amides is 1. The third-order valence-corrected chi connectivity index (χ3v) is 4.29. The van der Waals surface area contributed by atoms with Crippen LogP contribution in [0.5, 0.6) is 0 Å². The lowest BCUT2D eigenvalue weighted by Gasteiger charge is -2.44. The van der Waals surface area contributed by atoms with Crippen molar-refractivity contribution in [3.05, 3.63) is 35.9 Å². The zero-order valence-corrected chi connectivity index (χ0v) is 14.4. The van der Waals surface area contributed by atoms with Gasteiger partial charge < -0.3 is 15.5 Å². The Labute approximate surface area is 138 Å². The minimum atomic E-state index is 0.0303. The van der Waals surface area contributed by atoms with Gasteiger partial charge in [0.15, 0.2) is 5.11 Å². The smallest absolute Gasteiger partial charge is 0.222 e. The molecule has 1 aliphatic heterocycles. The van der Waals surface area contributed by atoms with Crippen molar-refractivity contribution < 1.29 is 4.79 Å². The second kappa shape index (κ2) is 7.09. The highest BCUT2D eigenvalue weighted by molar-refractivity contribution is 7.80. The van der Waals surface area contributed by atoms with Crippen LogP contribution in [-0.4, -0.2) is 34.0 Å². The molecule has 0 bridgehead atoms. The fraction of sp³-hybridized carbons (Fsp3) is 0.529. The SMILES string of the molecule is C[C@@H]1CC(C)(C)NC(=S)N1CCC(=O)NCc1ccccc1. The van der Waals surface area contributed by atoms with Gasteiger partial charge in [-0.15, -0.1) is 0 Å². The van der Waals surface area contributed by atoms with Gasteiger partial charge in [0, 0.05) is 31.1 Å². The van der Waals surface area contributed by atoms with Crippen LogP contribution < -0.4 is 10.6 Å². The van der Waals surface area contributed by atoms with Gasteiger partial charge in [0.05, 0.1) is 0 Å². The number of hydrogen-bond donors (Lipinski definition) is 2. The summed E-state index contributed by atoms with van der Waals surface area (Å²) in [6.45, 7) is 7.70. The summed E-state index contributed by atoms with van der Waals surface area (Å²) in [6, 6.07) is 10.3. The van der Waals surface area contributed by atoms with Crippen molar-refractivity contribution in [1.29, 1.82) is 0 Å². The molecule has 0 radical (unpaired) electrons. The summed E-state index contributed by atoms with van der Waals surface area (Å²) in [6.07, 6.45) is 1.47. The highest BCUT2D eigenvalue weighted by atomic mass is 32.1. The minimum Gasteiger partial charge on any atom is -0.358 e. The summed E-state index contributed by atoms with van der Waals surface area (Å²) in [5.74, 6) is 0.0590. The first kappa shape index (κ1) is 16.7. The summed E-state index contributed by atoms with van der Waals surface area (Å²) in [5.41, 5.74) is 1.14. The van der Waals surface area contributed by atoms with E-state index >= 15 is 0 Å². The van der Waals surface area contributed by atoms with Gasteiger partial charge in [0.25, 0.3) is 0 Å². The summed E-state index contributed by atoms with van der Waals surface area (Å²) >= 11 is 5.43. The highest BCUT2D eigenvalue weighted by Gasteiger charge is 2.32. The quantitative estimate of drug-likeness (QED) is 0.818. The van der Waals surface area contributed by atoms with Crippen molar-refractivity contribution in [2.24, 2.45) is 0 Å². The van der Waals surface area contributed by atoms with Crippen LogP contribution in [0.25, 0.3) is 0 Å². The second-order valence-corrected chi connectivity index (χ2v) is 6.96. The molecule has 1 heterocycles. The third kappa shape index (κ3) is 4.70. The summed E-state index contributed by atoms with van der Waals surface area (Å²) < 4.78 is 0. The first-order chi connectivity index (χ1) is 10.4. The van der Waals surface area contributed by atoms with Gasteiger partial charge in [-0.25, -0.2) is 0 Å². The number of benzene rings is 1. The summed E-state index contributed by atoms with van der Waals surface area (Å²) in [4.78, 5) is 14.1. The Bertz CT molecular complexity index is 530. The largest absolute Gasteiger partial charge is 0.358 e. The van der Waals surface area contributed by atoms with Gasteiger partial charge in [-0.3, -0.25) is 4.79 Å². The van der Waals surface area contributed by atoms with Crippen LogP contribution in [0.1, 0.15) is 39.2 Å². The molecular formula is C17H25N3OS. The van der Waals surface area contributed by atoms with Crippen molar-refractivity contribution in [2.75, 3.05) is 6.54 Å². The van der Waals surface area contributed by atoms with E-state index in [2.05, 4.69) is 36.3 Å². The molecule has 1 aliphatic rings. The average Bonchev–Trinajstić information content (AvgIpc) is 2.44. The molecule has 0 unspecified atom stereocenters. The van der Waals surface area contributed by atoms with Crippen molar-refractivity contribution in [2.45, 2.75) is 51.7 Å². The Kier molecular flexibility index (Phi) is 5.40. The molecule has 1 aromatic rings. The van der Waals surface area contributed by atoms with Gasteiger partial charge in [-0.05, 0) is 45.0 Å². The van der Waals surface area contributed by atoms with Crippen molar-refractivity contribution in [3.63, 3.8) is 0 Å². The molecule has 1 fully saturated rings. The lowest BCUT2D eigenvalue weighted by Crippen LogP contribution is -2.60. The predicted molar refractivity (Wildman–Crippen MR) is 93.5 cm³/mol. The van der Waals surface area contributed by atoms with Crippen LogP contribution >= 0.6 is 12.2 Å². The van der Waals surface area contributed by atoms with Crippen LogP contribution in [0.2, 0.25) is 0 Å². The monoisotopic (exact) mass is 319 g/mol. The van der Waals surface area contributed by atoms with E-state index in [-0.39, 0.29) is 11.4 Å². The van der Waals surface area contributed by atoms with E-state index < -0.39 is 0 Å². The number of nitrogens with one attached hydrogen (secondary N) is 2. The molecule has 0 saturated carbocycles. The zero-order chi connectivity index (χ0) is 16.2. The molecule has 0 spiro atoms. The van der Waals surface area contributed by atoms with Crippen LogP contribution in [0.3, 0.4) is 0 Å². The first-order valence-corrected chi connectivity index (χ1v) is 8.18. The number of thiocarbonyl (C=S) groups is 1. The van der Waals surface area contributed by atoms with Crippen molar-refractivity contribution >= 4 is 23.2 Å². The molecule has 2 N–H and O–H groups in total. The number of carbonyl (C=O) groups is 1. The molecule has 22 heavy (non-hydrogen) atoms. The molecule has 1 atom stereocenters. The van der Waals surface area contributed by atoms with Gasteiger partial charge in [-0.1, -0.05) is 30.3 Å². The molecule has 1 saturated heterocycles.